The van der Waals surface area contributed by atoms with E-state index in [1.807, 2.05) is 6.92 Å². The Morgan fingerprint density at radius 1 is 1.53 bits per heavy atom. The van der Waals surface area contributed by atoms with Gasteiger partial charge in [-0.15, -0.1) is 0 Å². The summed E-state index contributed by atoms with van der Waals surface area (Å²) in [5, 5.41) is 6.41. The third-order valence-electron chi connectivity index (χ3n) is 1.86. The number of hydrogen-bond acceptors (Lipinski definition) is 4. The maximum Gasteiger partial charge on any atom is 0.357 e. The van der Waals surface area contributed by atoms with Gasteiger partial charge in [0.2, 0.25) is 0 Å². The molecule has 0 radical (unpaired) electrons. The van der Waals surface area contributed by atoms with E-state index in [0.717, 1.165) is 0 Å². The lowest BCUT2D eigenvalue weighted by Crippen LogP contribution is -2.24. The third-order valence-corrected chi connectivity index (χ3v) is 1.86. The van der Waals surface area contributed by atoms with Crippen LogP contribution in [0.15, 0.2) is 12.8 Å². The predicted octanol–water partition coefficient (Wildman–Crippen LogP) is 2.37. The van der Waals surface area contributed by atoms with E-state index in [-0.39, 0.29) is 5.69 Å². The first-order valence-electron chi connectivity index (χ1n) is 5.44. The molecular weight excluding hydrogens is 220 g/mol. The minimum absolute atomic E-state index is 0.262. The first-order chi connectivity index (χ1) is 7.85. The maximum absolute atomic E-state index is 11.9. The number of carbonyl (C=O) groups is 1. The molecule has 0 saturated carbocycles. The lowest BCUT2D eigenvalue weighted by atomic mass is 10.2. The van der Waals surface area contributed by atoms with Gasteiger partial charge >= 0.3 is 5.97 Å². The Bertz CT molecular complexity index is 416. The average Bonchev–Trinajstić information content (AvgIpc) is 2.63. The van der Waals surface area contributed by atoms with Crippen molar-refractivity contribution in [2.75, 3.05) is 6.61 Å². The largest absolute Gasteiger partial charge is 0.494 e. The van der Waals surface area contributed by atoms with E-state index in [1.165, 1.54) is 6.20 Å². The van der Waals surface area contributed by atoms with Gasteiger partial charge in [0.1, 0.15) is 11.4 Å². The van der Waals surface area contributed by atoms with E-state index in [9.17, 15) is 4.79 Å². The number of ether oxygens (including phenoxy) is 2. The number of carbonyl (C=O) groups excluding carboxylic acids is 1. The molecule has 1 rings (SSSR count). The molecule has 0 atom stereocenters. The summed E-state index contributed by atoms with van der Waals surface area (Å²) in [5.74, 6) is -0.0621. The Kier molecular flexibility index (Phi) is 3.93. The molecular formula is C12H18N2O3. The van der Waals surface area contributed by atoms with Gasteiger partial charge < -0.3 is 9.47 Å². The van der Waals surface area contributed by atoms with Crippen LogP contribution < -0.4 is 0 Å². The summed E-state index contributed by atoms with van der Waals surface area (Å²) >= 11 is 0. The zero-order chi connectivity index (χ0) is 13.1. The van der Waals surface area contributed by atoms with Gasteiger partial charge in [0.15, 0.2) is 5.69 Å². The Balaban J connectivity index is 2.89. The molecule has 1 heterocycles. The van der Waals surface area contributed by atoms with Crippen LogP contribution >= 0.6 is 0 Å². The molecule has 5 heteroatoms. The van der Waals surface area contributed by atoms with Gasteiger partial charge in [0.25, 0.3) is 0 Å². The Labute approximate surface area is 101 Å². The van der Waals surface area contributed by atoms with Crippen LogP contribution in [0, 0.1) is 0 Å². The second-order valence-electron chi connectivity index (χ2n) is 4.52. The summed E-state index contributed by atoms with van der Waals surface area (Å²) in [6.45, 7) is 11.5. The Hall–Kier alpha value is -1.78. The number of hydrogen-bond donors (Lipinski definition) is 1. The number of H-pyrrole nitrogens is 1. The lowest BCUT2D eigenvalue weighted by molar-refractivity contribution is 0.00619. The molecule has 0 unspecified atom stereocenters. The number of esters is 1. The molecule has 17 heavy (non-hydrogen) atoms. The van der Waals surface area contributed by atoms with Crippen molar-refractivity contribution in [3.05, 3.63) is 24.0 Å². The van der Waals surface area contributed by atoms with Crippen LogP contribution in [-0.2, 0) is 9.47 Å². The van der Waals surface area contributed by atoms with Crippen molar-refractivity contribution in [3.63, 3.8) is 0 Å². The standard InChI is InChI=1S/C12H18N2O3/c1-6-16-8(2)9-7-13-14-10(9)11(15)17-12(3,4)5/h7H,2,6H2,1,3-5H3,(H,13,14). The molecule has 0 saturated heterocycles. The zero-order valence-corrected chi connectivity index (χ0v) is 10.7. The molecule has 1 aromatic heterocycles. The van der Waals surface area contributed by atoms with Gasteiger partial charge in [-0.1, -0.05) is 6.58 Å². The number of aromatic amines is 1. The molecule has 0 spiro atoms. The first kappa shape index (κ1) is 13.3. The molecule has 0 fully saturated rings. The Morgan fingerprint density at radius 3 is 2.71 bits per heavy atom. The quantitative estimate of drug-likeness (QED) is 0.646. The van der Waals surface area contributed by atoms with Gasteiger partial charge in [-0.3, -0.25) is 5.10 Å². The summed E-state index contributed by atoms with van der Waals surface area (Å²) in [4.78, 5) is 11.9. The van der Waals surface area contributed by atoms with E-state index < -0.39 is 11.6 Å². The highest BCUT2D eigenvalue weighted by Crippen LogP contribution is 2.19. The van der Waals surface area contributed by atoms with Crippen LogP contribution in [0.5, 0.6) is 0 Å². The number of rotatable bonds is 4. The van der Waals surface area contributed by atoms with Gasteiger partial charge in [-0.05, 0) is 27.7 Å². The zero-order valence-electron chi connectivity index (χ0n) is 10.7. The molecule has 0 aliphatic carbocycles. The highest BCUT2D eigenvalue weighted by Gasteiger charge is 2.23. The van der Waals surface area contributed by atoms with E-state index >= 15 is 0 Å². The van der Waals surface area contributed by atoms with E-state index in [1.54, 1.807) is 20.8 Å². The average molecular weight is 238 g/mol. The number of nitrogens with one attached hydrogen (secondary N) is 1. The van der Waals surface area contributed by atoms with Gasteiger partial charge in [0, 0.05) is 0 Å². The second kappa shape index (κ2) is 5.03. The predicted molar refractivity (Wildman–Crippen MR) is 64.4 cm³/mol. The fourth-order valence-corrected chi connectivity index (χ4v) is 1.23. The highest BCUT2D eigenvalue weighted by atomic mass is 16.6. The highest BCUT2D eigenvalue weighted by molar-refractivity contribution is 5.92. The summed E-state index contributed by atoms with van der Waals surface area (Å²) in [7, 11) is 0. The monoisotopic (exact) mass is 238 g/mol. The molecule has 0 aliphatic heterocycles. The lowest BCUT2D eigenvalue weighted by Gasteiger charge is -2.19. The first-order valence-corrected chi connectivity index (χ1v) is 5.44. The maximum atomic E-state index is 11.9. The van der Waals surface area contributed by atoms with Crippen molar-refractivity contribution < 1.29 is 14.3 Å². The summed E-state index contributed by atoms with van der Waals surface area (Å²) < 4.78 is 10.5. The smallest absolute Gasteiger partial charge is 0.357 e. The van der Waals surface area contributed by atoms with Gasteiger partial charge in [0.05, 0.1) is 18.4 Å². The van der Waals surface area contributed by atoms with E-state index in [0.29, 0.717) is 17.9 Å². The van der Waals surface area contributed by atoms with Crippen molar-refractivity contribution in [2.24, 2.45) is 0 Å². The normalized spacial score (nSPS) is 11.1. The van der Waals surface area contributed by atoms with Crippen LogP contribution in [0.2, 0.25) is 0 Å². The number of nitrogens with zero attached hydrogens (tertiary/aromatic N) is 1. The minimum atomic E-state index is -0.549. The molecule has 0 amide bonds. The van der Waals surface area contributed by atoms with Crippen molar-refractivity contribution >= 4 is 11.7 Å². The van der Waals surface area contributed by atoms with Crippen LogP contribution in [0.4, 0.5) is 0 Å². The Morgan fingerprint density at radius 2 is 2.18 bits per heavy atom. The van der Waals surface area contributed by atoms with Gasteiger partial charge in [-0.2, -0.15) is 5.10 Å². The van der Waals surface area contributed by atoms with Crippen molar-refractivity contribution in [3.8, 4) is 0 Å². The molecule has 0 aliphatic rings. The number of aromatic nitrogens is 2. The molecule has 0 aromatic carbocycles. The molecule has 0 bridgehead atoms. The van der Waals surface area contributed by atoms with Crippen LogP contribution in [0.3, 0.4) is 0 Å². The van der Waals surface area contributed by atoms with E-state index in [4.69, 9.17) is 9.47 Å². The molecule has 94 valence electrons. The summed E-state index contributed by atoms with van der Waals surface area (Å²) in [5.41, 5.74) is 0.242. The fourth-order valence-electron chi connectivity index (χ4n) is 1.23. The van der Waals surface area contributed by atoms with Crippen LogP contribution in [0.1, 0.15) is 43.7 Å². The van der Waals surface area contributed by atoms with Crippen LogP contribution in [-0.4, -0.2) is 28.4 Å². The van der Waals surface area contributed by atoms with E-state index in [2.05, 4.69) is 16.8 Å². The molecule has 5 nitrogen and oxygen atoms in total. The second-order valence-corrected chi connectivity index (χ2v) is 4.52. The van der Waals surface area contributed by atoms with Gasteiger partial charge in [-0.25, -0.2) is 4.79 Å². The van der Waals surface area contributed by atoms with Crippen LogP contribution in [0.25, 0.3) is 5.76 Å². The summed E-state index contributed by atoms with van der Waals surface area (Å²) in [6.07, 6.45) is 1.50. The summed E-state index contributed by atoms with van der Waals surface area (Å²) in [6, 6.07) is 0. The minimum Gasteiger partial charge on any atom is -0.494 e. The van der Waals surface area contributed by atoms with Crippen molar-refractivity contribution in [1.29, 1.82) is 0 Å². The van der Waals surface area contributed by atoms with Crippen molar-refractivity contribution in [1.82, 2.24) is 10.2 Å². The fraction of sp³-hybridized carbons (Fsp3) is 0.500. The topological polar surface area (TPSA) is 64.2 Å². The molecule has 1 aromatic rings. The SMILES string of the molecule is C=C(OCC)c1cn[nH]c1C(=O)OC(C)(C)C. The third kappa shape index (κ3) is 3.62. The van der Waals surface area contributed by atoms with Crippen molar-refractivity contribution in [2.45, 2.75) is 33.3 Å². The molecule has 1 N–H and O–H groups in total.